The summed E-state index contributed by atoms with van der Waals surface area (Å²) in [6.07, 6.45) is 1.17. The monoisotopic (exact) mass is 310 g/mol. The number of hydrogen-bond acceptors (Lipinski definition) is 5. The van der Waals surface area contributed by atoms with Crippen LogP contribution in [0.4, 0.5) is 0 Å². The Labute approximate surface area is 115 Å². The molecule has 1 saturated heterocycles. The SMILES string of the molecule is NCC1(NS(=O)(=O)c2ccc(Cl)s2)CCOCC1. The summed E-state index contributed by atoms with van der Waals surface area (Å²) < 4.78 is 33.1. The predicted molar refractivity (Wildman–Crippen MR) is 71.5 cm³/mol. The van der Waals surface area contributed by atoms with Gasteiger partial charge in [0.05, 0.1) is 4.34 Å². The lowest BCUT2D eigenvalue weighted by atomic mass is 9.92. The molecule has 0 amide bonds. The number of ether oxygens (including phenoxy) is 1. The highest BCUT2D eigenvalue weighted by molar-refractivity contribution is 7.91. The highest BCUT2D eigenvalue weighted by atomic mass is 35.5. The Morgan fingerprint density at radius 2 is 2.11 bits per heavy atom. The maximum absolute atomic E-state index is 12.2. The first kappa shape index (κ1) is 14.2. The number of rotatable bonds is 4. The molecule has 8 heteroatoms. The Morgan fingerprint density at radius 3 is 2.61 bits per heavy atom. The molecule has 5 nitrogen and oxygen atoms in total. The molecule has 0 saturated carbocycles. The summed E-state index contributed by atoms with van der Waals surface area (Å²) >= 11 is 6.79. The van der Waals surface area contributed by atoms with E-state index in [1.165, 1.54) is 6.07 Å². The van der Waals surface area contributed by atoms with Gasteiger partial charge in [-0.1, -0.05) is 11.6 Å². The van der Waals surface area contributed by atoms with Crippen LogP contribution >= 0.6 is 22.9 Å². The van der Waals surface area contributed by atoms with E-state index in [-0.39, 0.29) is 10.8 Å². The molecule has 0 unspecified atom stereocenters. The minimum absolute atomic E-state index is 0.215. The van der Waals surface area contributed by atoms with E-state index < -0.39 is 15.6 Å². The molecule has 0 atom stereocenters. The lowest BCUT2D eigenvalue weighted by Crippen LogP contribution is -2.56. The number of nitrogens with two attached hydrogens (primary N) is 1. The lowest BCUT2D eigenvalue weighted by Gasteiger charge is -2.36. The molecule has 0 aromatic carbocycles. The smallest absolute Gasteiger partial charge is 0.250 e. The minimum Gasteiger partial charge on any atom is -0.381 e. The van der Waals surface area contributed by atoms with E-state index in [4.69, 9.17) is 22.1 Å². The van der Waals surface area contributed by atoms with Crippen molar-refractivity contribution >= 4 is 33.0 Å². The van der Waals surface area contributed by atoms with Crippen molar-refractivity contribution in [3.05, 3.63) is 16.5 Å². The van der Waals surface area contributed by atoms with Crippen molar-refractivity contribution in [3.63, 3.8) is 0 Å². The van der Waals surface area contributed by atoms with Crippen LogP contribution in [0, 0.1) is 0 Å². The Bertz CT molecular complexity index is 509. The first-order valence-electron chi connectivity index (χ1n) is 5.55. The van der Waals surface area contributed by atoms with Crippen molar-refractivity contribution < 1.29 is 13.2 Å². The van der Waals surface area contributed by atoms with E-state index in [9.17, 15) is 8.42 Å². The van der Waals surface area contributed by atoms with Crippen LogP contribution in [0.5, 0.6) is 0 Å². The molecule has 1 aliphatic rings. The summed E-state index contributed by atoms with van der Waals surface area (Å²) in [6, 6.07) is 3.07. The third-order valence-corrected chi connectivity index (χ3v) is 6.31. The average Bonchev–Trinajstić information content (AvgIpc) is 2.77. The van der Waals surface area contributed by atoms with Crippen molar-refractivity contribution in [2.75, 3.05) is 19.8 Å². The number of nitrogens with one attached hydrogen (secondary N) is 1. The first-order valence-corrected chi connectivity index (χ1v) is 8.22. The molecule has 3 N–H and O–H groups in total. The van der Waals surface area contributed by atoms with Gasteiger partial charge in [-0.05, 0) is 25.0 Å². The van der Waals surface area contributed by atoms with Gasteiger partial charge < -0.3 is 10.5 Å². The maximum atomic E-state index is 12.2. The summed E-state index contributed by atoms with van der Waals surface area (Å²) in [6.45, 7) is 1.30. The topological polar surface area (TPSA) is 81.4 Å². The molecule has 2 rings (SSSR count). The lowest BCUT2D eigenvalue weighted by molar-refractivity contribution is 0.0502. The van der Waals surface area contributed by atoms with Gasteiger partial charge in [0.15, 0.2) is 0 Å². The highest BCUT2D eigenvalue weighted by Gasteiger charge is 2.36. The van der Waals surface area contributed by atoms with Gasteiger partial charge in [-0.25, -0.2) is 13.1 Å². The van der Waals surface area contributed by atoms with Crippen LogP contribution in [0.3, 0.4) is 0 Å². The molecule has 1 aromatic rings. The second-order valence-corrected chi connectivity index (χ2v) is 7.89. The van der Waals surface area contributed by atoms with Gasteiger partial charge in [0.25, 0.3) is 10.0 Å². The van der Waals surface area contributed by atoms with Crippen molar-refractivity contribution in [2.24, 2.45) is 5.73 Å². The van der Waals surface area contributed by atoms with E-state index >= 15 is 0 Å². The Balaban J connectivity index is 2.21. The van der Waals surface area contributed by atoms with Crippen molar-refractivity contribution in [3.8, 4) is 0 Å². The van der Waals surface area contributed by atoms with Crippen LogP contribution in [0.25, 0.3) is 0 Å². The van der Waals surface area contributed by atoms with Crippen molar-refractivity contribution in [2.45, 2.75) is 22.6 Å². The molecule has 0 aliphatic carbocycles. The van der Waals surface area contributed by atoms with Gasteiger partial charge >= 0.3 is 0 Å². The van der Waals surface area contributed by atoms with Crippen LogP contribution in [0.1, 0.15) is 12.8 Å². The molecule has 2 heterocycles. The van der Waals surface area contributed by atoms with E-state index in [1.807, 2.05) is 0 Å². The Kier molecular flexibility index (Phi) is 4.30. The summed E-state index contributed by atoms with van der Waals surface area (Å²) in [7, 11) is -3.56. The highest BCUT2D eigenvalue weighted by Crippen LogP contribution is 2.28. The third-order valence-electron chi connectivity index (χ3n) is 3.00. The number of sulfonamides is 1. The molecular weight excluding hydrogens is 296 g/mol. The summed E-state index contributed by atoms with van der Waals surface area (Å²) in [5.74, 6) is 0. The normalized spacial score (nSPS) is 19.9. The van der Waals surface area contributed by atoms with Gasteiger partial charge in [0, 0.05) is 25.3 Å². The average molecular weight is 311 g/mol. The zero-order chi connectivity index (χ0) is 13.2. The van der Waals surface area contributed by atoms with Crippen LogP contribution in [-0.2, 0) is 14.8 Å². The Hall–Kier alpha value is -0.180. The fourth-order valence-electron chi connectivity index (χ4n) is 1.89. The molecule has 1 fully saturated rings. The second kappa shape index (κ2) is 5.44. The van der Waals surface area contributed by atoms with Crippen LogP contribution in [0.2, 0.25) is 4.34 Å². The van der Waals surface area contributed by atoms with Crippen LogP contribution in [-0.4, -0.2) is 33.7 Å². The van der Waals surface area contributed by atoms with E-state index in [0.29, 0.717) is 30.4 Å². The minimum atomic E-state index is -3.56. The molecular formula is C10H15ClN2O3S2. The summed E-state index contributed by atoms with van der Waals surface area (Å²) in [5, 5.41) is 0. The molecule has 18 heavy (non-hydrogen) atoms. The molecule has 0 bridgehead atoms. The van der Waals surface area contributed by atoms with Gasteiger partial charge in [0.2, 0.25) is 0 Å². The maximum Gasteiger partial charge on any atom is 0.250 e. The largest absolute Gasteiger partial charge is 0.381 e. The molecule has 0 spiro atoms. The zero-order valence-corrected chi connectivity index (χ0v) is 12.1. The first-order chi connectivity index (χ1) is 8.47. The number of thiophene rings is 1. The summed E-state index contributed by atoms with van der Waals surface area (Å²) in [4.78, 5) is 0. The van der Waals surface area contributed by atoms with Gasteiger partial charge in [0.1, 0.15) is 4.21 Å². The Morgan fingerprint density at radius 1 is 1.44 bits per heavy atom. The van der Waals surface area contributed by atoms with Crippen LogP contribution in [0.15, 0.2) is 16.3 Å². The molecule has 102 valence electrons. The quantitative estimate of drug-likeness (QED) is 0.875. The van der Waals surface area contributed by atoms with E-state index in [0.717, 1.165) is 11.3 Å². The number of hydrogen-bond donors (Lipinski definition) is 2. The van der Waals surface area contributed by atoms with E-state index in [1.54, 1.807) is 6.07 Å². The van der Waals surface area contributed by atoms with Crippen molar-refractivity contribution in [1.82, 2.24) is 4.72 Å². The third kappa shape index (κ3) is 3.04. The predicted octanol–water partition coefficient (Wildman–Crippen LogP) is 1.19. The second-order valence-electron chi connectivity index (χ2n) is 4.26. The fraction of sp³-hybridized carbons (Fsp3) is 0.600. The fourth-order valence-corrected chi connectivity index (χ4v) is 4.84. The molecule has 0 radical (unpaired) electrons. The van der Waals surface area contributed by atoms with Gasteiger partial charge in [-0.15, -0.1) is 11.3 Å². The zero-order valence-electron chi connectivity index (χ0n) is 9.69. The van der Waals surface area contributed by atoms with Crippen molar-refractivity contribution in [1.29, 1.82) is 0 Å². The molecule has 1 aromatic heterocycles. The van der Waals surface area contributed by atoms with Crippen LogP contribution < -0.4 is 10.5 Å². The number of halogens is 1. The molecule has 1 aliphatic heterocycles. The van der Waals surface area contributed by atoms with E-state index in [2.05, 4.69) is 4.72 Å². The standard InChI is InChI=1S/C10H15ClN2O3S2/c11-8-1-2-9(17-8)18(14,15)13-10(7-12)3-5-16-6-4-10/h1-2,13H,3-7,12H2. The summed E-state index contributed by atoms with van der Waals surface area (Å²) in [5.41, 5.74) is 5.12. The van der Waals surface area contributed by atoms with Gasteiger partial charge in [-0.3, -0.25) is 0 Å². The van der Waals surface area contributed by atoms with Gasteiger partial charge in [-0.2, -0.15) is 0 Å².